The number of aromatic nitrogens is 1. The molecule has 9 heteroatoms. The molecule has 2 aromatic carbocycles. The van der Waals surface area contributed by atoms with Crippen LogP contribution in [0, 0.1) is 6.92 Å². The highest BCUT2D eigenvalue weighted by Gasteiger charge is 2.44. The van der Waals surface area contributed by atoms with Crippen molar-refractivity contribution in [3.8, 4) is 11.5 Å². The second-order valence-corrected chi connectivity index (χ2v) is 5.42. The predicted molar refractivity (Wildman–Crippen MR) is 83.8 cm³/mol. The third-order valence-electron chi connectivity index (χ3n) is 3.57. The molecule has 1 aromatic heterocycles. The van der Waals surface area contributed by atoms with Crippen molar-refractivity contribution in [1.29, 1.82) is 0 Å². The minimum Gasteiger partial charge on any atom is -0.441 e. The predicted octanol–water partition coefficient (Wildman–Crippen LogP) is 3.29. The number of ether oxygens (including phenoxy) is 2. The molecule has 3 N–H and O–H groups in total. The van der Waals surface area contributed by atoms with E-state index in [1.54, 1.807) is 25.1 Å². The van der Waals surface area contributed by atoms with Gasteiger partial charge in [-0.3, -0.25) is 4.79 Å². The smallest absolute Gasteiger partial charge is 0.441 e. The number of fused-ring (bicyclic) bond motifs is 2. The molecule has 1 aliphatic heterocycles. The van der Waals surface area contributed by atoms with E-state index >= 15 is 0 Å². The first kappa shape index (κ1) is 15.2. The Balaban J connectivity index is 1.62. The molecule has 0 saturated heterocycles. The van der Waals surface area contributed by atoms with E-state index in [9.17, 15) is 13.6 Å². The van der Waals surface area contributed by atoms with Crippen LogP contribution in [-0.4, -0.2) is 17.2 Å². The van der Waals surface area contributed by atoms with E-state index in [4.69, 9.17) is 10.2 Å². The zero-order chi connectivity index (χ0) is 17.8. The number of carbonyl (C=O) groups excluding carboxylic acids is 1. The van der Waals surface area contributed by atoms with Gasteiger partial charge in [0.15, 0.2) is 23.0 Å². The highest BCUT2D eigenvalue weighted by Crippen LogP contribution is 2.43. The molecule has 25 heavy (non-hydrogen) atoms. The quantitative estimate of drug-likeness (QED) is 0.690. The molecule has 4 rings (SSSR count). The number of alkyl halides is 2. The van der Waals surface area contributed by atoms with Crippen molar-refractivity contribution in [1.82, 2.24) is 4.98 Å². The SMILES string of the molecule is Cc1nc2cc(NC(=O)c3cc4c(cc3N)OC(F)(F)O4)ccc2o1. The fourth-order valence-corrected chi connectivity index (χ4v) is 2.53. The summed E-state index contributed by atoms with van der Waals surface area (Å²) < 4.78 is 40.2. The minimum atomic E-state index is -3.78. The number of amides is 1. The van der Waals surface area contributed by atoms with Gasteiger partial charge in [-0.05, 0) is 24.3 Å². The van der Waals surface area contributed by atoms with Crippen molar-refractivity contribution in [2.75, 3.05) is 11.1 Å². The topological polar surface area (TPSA) is 99.6 Å². The number of oxazole rings is 1. The number of rotatable bonds is 2. The van der Waals surface area contributed by atoms with Gasteiger partial charge in [0.1, 0.15) is 5.52 Å². The van der Waals surface area contributed by atoms with Crippen molar-refractivity contribution in [3.63, 3.8) is 0 Å². The Kier molecular flexibility index (Phi) is 3.08. The Labute approximate surface area is 139 Å². The van der Waals surface area contributed by atoms with Crippen molar-refractivity contribution >= 4 is 28.4 Å². The van der Waals surface area contributed by atoms with Gasteiger partial charge in [0.25, 0.3) is 5.91 Å². The number of nitrogen functional groups attached to an aromatic ring is 1. The van der Waals surface area contributed by atoms with Crippen molar-refractivity contribution in [2.24, 2.45) is 0 Å². The first-order valence-electron chi connectivity index (χ1n) is 7.19. The lowest BCUT2D eigenvalue weighted by molar-refractivity contribution is -0.286. The summed E-state index contributed by atoms with van der Waals surface area (Å²) in [5.74, 6) is -0.566. The second-order valence-electron chi connectivity index (χ2n) is 5.42. The first-order valence-corrected chi connectivity index (χ1v) is 7.19. The van der Waals surface area contributed by atoms with Crippen LogP contribution in [0.3, 0.4) is 0 Å². The maximum Gasteiger partial charge on any atom is 0.586 e. The molecule has 0 unspecified atom stereocenters. The number of aryl methyl sites for hydroxylation is 1. The molecule has 128 valence electrons. The summed E-state index contributed by atoms with van der Waals surface area (Å²) in [6, 6.07) is 7.15. The number of hydrogen-bond donors (Lipinski definition) is 2. The lowest BCUT2D eigenvalue weighted by Gasteiger charge is -2.08. The summed E-state index contributed by atoms with van der Waals surface area (Å²) in [7, 11) is 0. The average Bonchev–Trinajstić information content (AvgIpc) is 3.02. The van der Waals surface area contributed by atoms with Gasteiger partial charge in [-0.25, -0.2) is 4.98 Å². The number of nitrogens with zero attached hydrogens (tertiary/aromatic N) is 1. The van der Waals surface area contributed by atoms with Crippen molar-refractivity contribution < 1.29 is 27.5 Å². The van der Waals surface area contributed by atoms with E-state index < -0.39 is 12.2 Å². The molecular weight excluding hydrogens is 336 g/mol. The largest absolute Gasteiger partial charge is 0.586 e. The van der Waals surface area contributed by atoms with Gasteiger partial charge in [0.2, 0.25) is 0 Å². The molecule has 0 aliphatic carbocycles. The van der Waals surface area contributed by atoms with Crippen LogP contribution in [0.4, 0.5) is 20.2 Å². The van der Waals surface area contributed by atoms with Gasteiger partial charge in [-0.2, -0.15) is 0 Å². The van der Waals surface area contributed by atoms with Gasteiger partial charge in [0, 0.05) is 24.4 Å². The first-order chi connectivity index (χ1) is 11.8. The molecule has 0 saturated carbocycles. The summed E-state index contributed by atoms with van der Waals surface area (Å²) in [6.07, 6.45) is -3.78. The van der Waals surface area contributed by atoms with Gasteiger partial charge in [-0.15, -0.1) is 8.78 Å². The molecule has 2 heterocycles. The van der Waals surface area contributed by atoms with Crippen LogP contribution in [0.15, 0.2) is 34.7 Å². The molecule has 0 atom stereocenters. The fourth-order valence-electron chi connectivity index (χ4n) is 2.53. The van der Waals surface area contributed by atoms with Gasteiger partial charge in [0.05, 0.1) is 5.56 Å². The van der Waals surface area contributed by atoms with Gasteiger partial charge >= 0.3 is 6.29 Å². The third-order valence-corrected chi connectivity index (χ3v) is 3.57. The monoisotopic (exact) mass is 347 g/mol. The molecule has 0 radical (unpaired) electrons. The minimum absolute atomic E-state index is 0.0171. The summed E-state index contributed by atoms with van der Waals surface area (Å²) in [5.41, 5.74) is 7.34. The standard InChI is InChI=1S/C16H11F2N3O4/c1-7-20-11-4-8(2-3-12(11)23-7)21-15(22)9-5-13-14(6-10(9)19)25-16(17,18)24-13/h2-6H,19H2,1H3,(H,21,22). The van der Waals surface area contributed by atoms with Crippen LogP contribution >= 0.6 is 0 Å². The van der Waals surface area contributed by atoms with Crippen LogP contribution in [0.2, 0.25) is 0 Å². The number of anilines is 2. The molecular formula is C16H11F2N3O4. The van der Waals surface area contributed by atoms with E-state index in [0.717, 1.165) is 12.1 Å². The zero-order valence-electron chi connectivity index (χ0n) is 12.8. The molecule has 1 aliphatic rings. The van der Waals surface area contributed by atoms with E-state index in [-0.39, 0.29) is 22.7 Å². The lowest BCUT2D eigenvalue weighted by atomic mass is 10.1. The number of nitrogens with one attached hydrogen (secondary N) is 1. The highest BCUT2D eigenvalue weighted by atomic mass is 19.3. The van der Waals surface area contributed by atoms with Gasteiger partial charge < -0.3 is 24.9 Å². The van der Waals surface area contributed by atoms with Crippen molar-refractivity contribution in [3.05, 3.63) is 41.8 Å². The third kappa shape index (κ3) is 2.69. The normalized spacial score (nSPS) is 14.7. The highest BCUT2D eigenvalue weighted by molar-refractivity contribution is 6.08. The Bertz CT molecular complexity index is 1020. The summed E-state index contributed by atoms with van der Waals surface area (Å²) in [6.45, 7) is 1.71. The lowest BCUT2D eigenvalue weighted by Crippen LogP contribution is -2.25. The van der Waals surface area contributed by atoms with Gasteiger partial charge in [-0.1, -0.05) is 0 Å². The molecule has 7 nitrogen and oxygen atoms in total. The van der Waals surface area contributed by atoms with Crippen LogP contribution in [-0.2, 0) is 0 Å². The fraction of sp³-hybridized carbons (Fsp3) is 0.125. The van der Waals surface area contributed by atoms with Crippen LogP contribution in [0.25, 0.3) is 11.1 Å². The van der Waals surface area contributed by atoms with E-state index in [0.29, 0.717) is 22.7 Å². The van der Waals surface area contributed by atoms with Crippen LogP contribution < -0.4 is 20.5 Å². The average molecular weight is 347 g/mol. The maximum absolute atomic E-state index is 13.1. The number of carbonyl (C=O) groups is 1. The summed E-state index contributed by atoms with van der Waals surface area (Å²) in [4.78, 5) is 16.6. The Morgan fingerprint density at radius 3 is 2.68 bits per heavy atom. The number of hydrogen-bond acceptors (Lipinski definition) is 6. The molecule has 0 fully saturated rings. The Hall–Kier alpha value is -3.36. The number of halogens is 2. The molecule has 3 aromatic rings. The van der Waals surface area contributed by atoms with Crippen molar-refractivity contribution in [2.45, 2.75) is 13.2 Å². The second kappa shape index (κ2) is 5.07. The maximum atomic E-state index is 13.1. The number of nitrogens with two attached hydrogens (primary N) is 1. The van der Waals surface area contributed by atoms with E-state index in [1.165, 1.54) is 0 Å². The Morgan fingerprint density at radius 1 is 1.20 bits per heavy atom. The van der Waals surface area contributed by atoms with Crippen LogP contribution in [0.1, 0.15) is 16.2 Å². The molecule has 0 bridgehead atoms. The summed E-state index contributed by atoms with van der Waals surface area (Å²) in [5, 5.41) is 2.63. The zero-order valence-corrected chi connectivity index (χ0v) is 12.8. The molecule has 1 amide bonds. The molecule has 0 spiro atoms. The Morgan fingerprint density at radius 2 is 1.92 bits per heavy atom. The summed E-state index contributed by atoms with van der Waals surface area (Å²) >= 11 is 0. The van der Waals surface area contributed by atoms with Crippen LogP contribution in [0.5, 0.6) is 11.5 Å². The number of benzene rings is 2. The van der Waals surface area contributed by atoms with E-state index in [2.05, 4.69) is 19.8 Å². The van der Waals surface area contributed by atoms with E-state index in [1.807, 2.05) is 0 Å².